The number of fused-ring (bicyclic) bond motifs is 1. The number of esters is 1. The van der Waals surface area contributed by atoms with Gasteiger partial charge in [-0.3, -0.25) is 0 Å². The van der Waals surface area contributed by atoms with Gasteiger partial charge < -0.3 is 4.74 Å². The Morgan fingerprint density at radius 1 is 1.17 bits per heavy atom. The maximum atomic E-state index is 13.0. The number of hydrogen-bond donors (Lipinski definition) is 0. The first-order valence-electron chi connectivity index (χ1n) is 9.99. The molecule has 3 heteroatoms. The number of benzene rings is 2. The van der Waals surface area contributed by atoms with Gasteiger partial charge in [0.1, 0.15) is 0 Å². The van der Waals surface area contributed by atoms with E-state index in [9.17, 15) is 4.79 Å². The number of hydrogen-bond acceptors (Lipinski definition) is 2. The molecule has 2 aromatic carbocycles. The van der Waals surface area contributed by atoms with E-state index in [-0.39, 0.29) is 22.4 Å². The largest absolute Gasteiger partial charge is 0.442 e. The van der Waals surface area contributed by atoms with Crippen LogP contribution in [0.25, 0.3) is 15.0 Å². The van der Waals surface area contributed by atoms with Crippen molar-refractivity contribution >= 4 is 26.5 Å². The summed E-state index contributed by atoms with van der Waals surface area (Å²) in [6, 6.07) is 18.5. The molecular formula is C26H25O2S+. The van der Waals surface area contributed by atoms with Gasteiger partial charge in [-0.2, -0.15) is 0 Å². The van der Waals surface area contributed by atoms with Gasteiger partial charge in [0.2, 0.25) is 0 Å². The second kappa shape index (κ2) is 7.89. The number of ether oxygens (including phenoxy) is 1. The molecule has 0 N–H and O–H groups in total. The number of terminal acetylenes is 1. The Morgan fingerprint density at radius 3 is 2.76 bits per heavy atom. The standard InChI is InChI=1S/C26H25O2S/c1-4-26(3,22-13-6-5-7-14-22)28-25(27)21-12-10-15-23(18-21)29-19(2)17-20-11-8-9-16-24(20)29/h1,5-6,8-12,15-18,22H,7,13-14H2,2-3H3/q+1. The molecule has 1 aliphatic carbocycles. The minimum atomic E-state index is -0.893. The normalized spacial score (nSPS) is 18.8. The summed E-state index contributed by atoms with van der Waals surface area (Å²) >= 11 is 0. The van der Waals surface area contributed by atoms with Crippen molar-refractivity contribution in [3.63, 3.8) is 0 Å². The third kappa shape index (κ3) is 3.73. The highest BCUT2D eigenvalue weighted by Gasteiger charge is 2.36. The number of aryl methyl sites for hydroxylation is 1. The smallest absolute Gasteiger partial charge is 0.339 e. The molecule has 1 aliphatic rings. The molecule has 3 unspecified atom stereocenters. The van der Waals surface area contributed by atoms with Gasteiger partial charge >= 0.3 is 5.97 Å². The van der Waals surface area contributed by atoms with E-state index in [4.69, 9.17) is 11.2 Å². The molecule has 2 nitrogen and oxygen atoms in total. The van der Waals surface area contributed by atoms with Gasteiger partial charge in [-0.1, -0.05) is 36.3 Å². The molecule has 4 rings (SSSR count). The van der Waals surface area contributed by atoms with Crippen molar-refractivity contribution in [2.24, 2.45) is 5.92 Å². The lowest BCUT2D eigenvalue weighted by atomic mass is 9.81. The molecule has 0 saturated heterocycles. The van der Waals surface area contributed by atoms with Crippen molar-refractivity contribution in [1.29, 1.82) is 0 Å². The molecule has 1 aromatic heterocycles. The minimum Gasteiger partial charge on any atom is -0.442 e. The molecule has 0 amide bonds. The van der Waals surface area contributed by atoms with Crippen molar-refractivity contribution in [2.45, 2.75) is 38.7 Å². The fourth-order valence-electron chi connectivity index (χ4n) is 4.08. The van der Waals surface area contributed by atoms with Gasteiger partial charge in [0.15, 0.2) is 20.1 Å². The molecule has 29 heavy (non-hydrogen) atoms. The molecule has 0 fully saturated rings. The Morgan fingerprint density at radius 2 is 2.00 bits per heavy atom. The molecular weight excluding hydrogens is 376 g/mol. The maximum Gasteiger partial charge on any atom is 0.339 e. The van der Waals surface area contributed by atoms with E-state index in [1.165, 1.54) is 15.0 Å². The highest BCUT2D eigenvalue weighted by molar-refractivity contribution is 7.45. The van der Waals surface area contributed by atoms with Crippen molar-refractivity contribution in [2.75, 3.05) is 0 Å². The summed E-state index contributed by atoms with van der Waals surface area (Å²) in [6.45, 7) is 4.01. The van der Waals surface area contributed by atoms with E-state index in [0.717, 1.165) is 24.2 Å². The van der Waals surface area contributed by atoms with Crippen LogP contribution in [-0.2, 0) is 4.74 Å². The van der Waals surface area contributed by atoms with Gasteiger partial charge in [0.05, 0.1) is 5.56 Å². The zero-order chi connectivity index (χ0) is 20.4. The van der Waals surface area contributed by atoms with Crippen LogP contribution in [0.15, 0.2) is 66.7 Å². The zero-order valence-corrected chi connectivity index (χ0v) is 17.7. The summed E-state index contributed by atoms with van der Waals surface area (Å²) in [5.41, 5.74) is -0.337. The summed E-state index contributed by atoms with van der Waals surface area (Å²) in [5.74, 6) is 2.56. The Labute approximate surface area is 175 Å². The van der Waals surface area contributed by atoms with E-state index in [0.29, 0.717) is 5.56 Å². The third-order valence-corrected chi connectivity index (χ3v) is 8.06. The number of carbonyl (C=O) groups is 1. The van der Waals surface area contributed by atoms with Crippen LogP contribution < -0.4 is 0 Å². The quantitative estimate of drug-likeness (QED) is 0.208. The number of rotatable bonds is 4. The molecule has 3 aromatic rings. The number of carbonyl (C=O) groups excluding carboxylic acids is 1. The number of thiophene rings is 1. The molecule has 0 spiro atoms. The van der Waals surface area contributed by atoms with Gasteiger partial charge in [0.25, 0.3) is 0 Å². The zero-order valence-electron chi connectivity index (χ0n) is 16.9. The van der Waals surface area contributed by atoms with Gasteiger partial charge in [-0.15, -0.1) is 6.42 Å². The fourth-order valence-corrected chi connectivity index (χ4v) is 6.33. The monoisotopic (exact) mass is 401 g/mol. The molecule has 146 valence electrons. The lowest BCUT2D eigenvalue weighted by molar-refractivity contribution is -0.0109. The molecule has 0 radical (unpaired) electrons. The van der Waals surface area contributed by atoms with Crippen molar-refractivity contribution in [3.05, 3.63) is 77.2 Å². The Hall–Kier alpha value is -2.83. The molecule has 1 heterocycles. The highest BCUT2D eigenvalue weighted by Crippen LogP contribution is 2.43. The van der Waals surface area contributed by atoms with E-state index < -0.39 is 5.60 Å². The van der Waals surface area contributed by atoms with Crippen LogP contribution in [0.2, 0.25) is 0 Å². The average molecular weight is 402 g/mol. The topological polar surface area (TPSA) is 26.3 Å². The van der Waals surface area contributed by atoms with Crippen LogP contribution in [0, 0.1) is 25.2 Å². The lowest BCUT2D eigenvalue weighted by Gasteiger charge is -2.33. The van der Waals surface area contributed by atoms with Crippen molar-refractivity contribution in [3.8, 4) is 17.2 Å². The summed E-state index contributed by atoms with van der Waals surface area (Å²) in [7, 11) is -0.163. The van der Waals surface area contributed by atoms with Crippen LogP contribution in [0.3, 0.4) is 0 Å². The Balaban J connectivity index is 1.65. The second-order valence-electron chi connectivity index (χ2n) is 7.75. The minimum absolute atomic E-state index is 0.151. The first-order chi connectivity index (χ1) is 14.0. The predicted molar refractivity (Wildman–Crippen MR) is 122 cm³/mol. The van der Waals surface area contributed by atoms with Gasteiger partial charge in [-0.25, -0.2) is 4.79 Å². The fraction of sp³-hybridized carbons (Fsp3) is 0.269. The van der Waals surface area contributed by atoms with Crippen molar-refractivity contribution < 1.29 is 9.53 Å². The van der Waals surface area contributed by atoms with Crippen LogP contribution in [0.1, 0.15) is 41.4 Å². The Bertz CT molecular complexity index is 1130. The van der Waals surface area contributed by atoms with Gasteiger partial charge in [0, 0.05) is 40.8 Å². The van der Waals surface area contributed by atoms with Crippen molar-refractivity contribution in [1.82, 2.24) is 0 Å². The number of allylic oxidation sites excluding steroid dienone is 2. The third-order valence-electron chi connectivity index (χ3n) is 5.76. The van der Waals surface area contributed by atoms with Crippen LogP contribution in [-0.4, -0.2) is 11.6 Å². The molecule has 3 atom stereocenters. The summed E-state index contributed by atoms with van der Waals surface area (Å²) < 4.78 is 7.21. The summed E-state index contributed by atoms with van der Waals surface area (Å²) in [5, 5.41) is 1.26. The maximum absolute atomic E-state index is 13.0. The lowest BCUT2D eigenvalue weighted by Crippen LogP contribution is -2.39. The van der Waals surface area contributed by atoms with Gasteiger partial charge in [-0.05, 0) is 50.5 Å². The average Bonchev–Trinajstić information content (AvgIpc) is 3.10. The highest BCUT2D eigenvalue weighted by atomic mass is 32.2. The van der Waals surface area contributed by atoms with E-state index >= 15 is 0 Å². The summed E-state index contributed by atoms with van der Waals surface area (Å²) in [6.07, 6.45) is 12.9. The van der Waals surface area contributed by atoms with E-state index in [1.807, 2.05) is 25.1 Å². The SMILES string of the molecule is C#CC(C)(OC(=O)c1cccc(-[s+]2c(C)cc3ccccc32)c1)C1CC=CCC1. The van der Waals surface area contributed by atoms with E-state index in [1.54, 1.807) is 0 Å². The first-order valence-corrected chi connectivity index (χ1v) is 11.2. The second-order valence-corrected chi connectivity index (χ2v) is 9.92. The predicted octanol–water partition coefficient (Wildman–Crippen LogP) is 6.79. The summed E-state index contributed by atoms with van der Waals surface area (Å²) in [4.78, 5) is 15.4. The van der Waals surface area contributed by atoms with Crippen LogP contribution in [0.5, 0.6) is 0 Å². The first kappa shape index (κ1) is 19.5. The molecule has 0 aliphatic heterocycles. The molecule has 0 bridgehead atoms. The van der Waals surface area contributed by atoms with Crippen LogP contribution >= 0.6 is 10.5 Å². The van der Waals surface area contributed by atoms with E-state index in [2.05, 4.69) is 61.4 Å². The van der Waals surface area contributed by atoms with Crippen LogP contribution in [0.4, 0.5) is 0 Å². The molecule has 0 saturated carbocycles. The Kier molecular flexibility index (Phi) is 5.30.